The van der Waals surface area contributed by atoms with Crippen molar-refractivity contribution in [2.24, 2.45) is 11.8 Å². The number of carbonyl (C=O) groups excluding carboxylic acids is 1. The van der Waals surface area contributed by atoms with Crippen molar-refractivity contribution in [3.63, 3.8) is 0 Å². The van der Waals surface area contributed by atoms with Crippen LogP contribution in [0.1, 0.15) is 47.0 Å². The molecule has 1 aliphatic rings. The lowest BCUT2D eigenvalue weighted by atomic mass is 9.80. The fourth-order valence-corrected chi connectivity index (χ4v) is 2.99. The summed E-state index contributed by atoms with van der Waals surface area (Å²) in [7, 11) is 1.87. The van der Waals surface area contributed by atoms with Gasteiger partial charge in [-0.3, -0.25) is 4.79 Å². The summed E-state index contributed by atoms with van der Waals surface area (Å²) in [6.07, 6.45) is 3.74. The standard InChI is InChI=1S/C14H28N2O/c1-6-16(5)14(17)12(4)15-13-8-10(2)7-11(3)9-13/h10-13,15H,6-9H2,1-5H3. The van der Waals surface area contributed by atoms with Crippen LogP contribution in [0, 0.1) is 11.8 Å². The van der Waals surface area contributed by atoms with E-state index in [4.69, 9.17) is 0 Å². The third-order valence-corrected chi connectivity index (χ3v) is 3.89. The lowest BCUT2D eigenvalue weighted by Gasteiger charge is -2.34. The molecule has 3 heteroatoms. The van der Waals surface area contributed by atoms with Gasteiger partial charge in [-0.2, -0.15) is 0 Å². The van der Waals surface area contributed by atoms with Gasteiger partial charge in [0.1, 0.15) is 0 Å². The minimum atomic E-state index is -0.0533. The summed E-state index contributed by atoms with van der Waals surface area (Å²) in [6.45, 7) is 9.40. The third-order valence-electron chi connectivity index (χ3n) is 3.89. The number of carbonyl (C=O) groups is 1. The molecular weight excluding hydrogens is 212 g/mol. The summed E-state index contributed by atoms with van der Waals surface area (Å²) >= 11 is 0. The van der Waals surface area contributed by atoms with E-state index in [-0.39, 0.29) is 11.9 Å². The average molecular weight is 240 g/mol. The number of hydrogen-bond acceptors (Lipinski definition) is 2. The number of amides is 1. The van der Waals surface area contributed by atoms with E-state index in [9.17, 15) is 4.79 Å². The van der Waals surface area contributed by atoms with Gasteiger partial charge in [-0.1, -0.05) is 13.8 Å². The molecule has 0 radical (unpaired) electrons. The molecule has 0 aromatic rings. The largest absolute Gasteiger partial charge is 0.345 e. The second-order valence-corrected chi connectivity index (χ2v) is 5.86. The number of nitrogens with zero attached hydrogens (tertiary/aromatic N) is 1. The van der Waals surface area contributed by atoms with E-state index < -0.39 is 0 Å². The van der Waals surface area contributed by atoms with E-state index in [0.29, 0.717) is 6.04 Å². The molecule has 1 N–H and O–H groups in total. The Morgan fingerprint density at radius 1 is 1.29 bits per heavy atom. The zero-order valence-electron chi connectivity index (χ0n) is 12.0. The molecule has 0 bridgehead atoms. The van der Waals surface area contributed by atoms with Crippen LogP contribution < -0.4 is 5.32 Å². The number of rotatable bonds is 4. The fraction of sp³-hybridized carbons (Fsp3) is 0.929. The van der Waals surface area contributed by atoms with Crippen LogP contribution in [-0.4, -0.2) is 36.5 Å². The van der Waals surface area contributed by atoms with Crippen molar-refractivity contribution in [3.05, 3.63) is 0 Å². The molecule has 0 heterocycles. The first kappa shape index (κ1) is 14.5. The maximum Gasteiger partial charge on any atom is 0.239 e. The topological polar surface area (TPSA) is 32.3 Å². The smallest absolute Gasteiger partial charge is 0.239 e. The fourth-order valence-electron chi connectivity index (χ4n) is 2.99. The second-order valence-electron chi connectivity index (χ2n) is 5.86. The molecule has 0 aromatic heterocycles. The van der Waals surface area contributed by atoms with E-state index >= 15 is 0 Å². The first-order valence-corrected chi connectivity index (χ1v) is 6.95. The number of likely N-dealkylation sites (N-methyl/N-ethyl adjacent to an activating group) is 1. The number of nitrogens with one attached hydrogen (secondary N) is 1. The molecule has 1 amide bonds. The lowest BCUT2D eigenvalue weighted by molar-refractivity contribution is -0.131. The van der Waals surface area contributed by atoms with E-state index in [0.717, 1.165) is 18.4 Å². The summed E-state index contributed by atoms with van der Waals surface area (Å²) in [5.74, 6) is 1.77. The summed E-state index contributed by atoms with van der Waals surface area (Å²) in [6, 6.07) is 0.459. The van der Waals surface area contributed by atoms with Crippen molar-refractivity contribution < 1.29 is 4.79 Å². The first-order valence-electron chi connectivity index (χ1n) is 6.95. The highest BCUT2D eigenvalue weighted by atomic mass is 16.2. The van der Waals surface area contributed by atoms with Crippen LogP contribution >= 0.6 is 0 Å². The van der Waals surface area contributed by atoms with Gasteiger partial charge in [-0.05, 0) is 44.9 Å². The van der Waals surface area contributed by atoms with Crippen LogP contribution in [0.15, 0.2) is 0 Å². The third kappa shape index (κ3) is 4.30. The van der Waals surface area contributed by atoms with Crippen molar-refractivity contribution in [3.8, 4) is 0 Å². The summed E-state index contributed by atoms with van der Waals surface area (Å²) in [5, 5.41) is 3.50. The van der Waals surface area contributed by atoms with Gasteiger partial charge >= 0.3 is 0 Å². The molecule has 1 aliphatic carbocycles. The zero-order chi connectivity index (χ0) is 13.0. The van der Waals surface area contributed by atoms with E-state index in [2.05, 4.69) is 19.2 Å². The van der Waals surface area contributed by atoms with Crippen molar-refractivity contribution in [2.45, 2.75) is 59.0 Å². The van der Waals surface area contributed by atoms with Crippen LogP contribution in [0.4, 0.5) is 0 Å². The molecule has 0 saturated heterocycles. The highest BCUT2D eigenvalue weighted by molar-refractivity contribution is 5.81. The van der Waals surface area contributed by atoms with Gasteiger partial charge in [0.05, 0.1) is 6.04 Å². The Hall–Kier alpha value is -0.570. The summed E-state index contributed by atoms with van der Waals surface area (Å²) in [4.78, 5) is 13.8. The normalized spacial score (nSPS) is 31.0. The van der Waals surface area contributed by atoms with Gasteiger partial charge in [0.2, 0.25) is 5.91 Å². The molecule has 3 nitrogen and oxygen atoms in total. The predicted molar refractivity (Wildman–Crippen MR) is 71.9 cm³/mol. The molecule has 1 saturated carbocycles. The van der Waals surface area contributed by atoms with Gasteiger partial charge in [0.15, 0.2) is 0 Å². The van der Waals surface area contributed by atoms with Crippen molar-refractivity contribution >= 4 is 5.91 Å². The Morgan fingerprint density at radius 3 is 2.29 bits per heavy atom. The summed E-state index contributed by atoms with van der Waals surface area (Å²) in [5.41, 5.74) is 0. The Labute approximate surface area is 106 Å². The first-order chi connectivity index (χ1) is 7.93. The molecule has 3 atom stereocenters. The van der Waals surface area contributed by atoms with Crippen LogP contribution in [0.25, 0.3) is 0 Å². The molecule has 100 valence electrons. The predicted octanol–water partition coefficient (Wildman–Crippen LogP) is 2.27. The zero-order valence-corrected chi connectivity index (χ0v) is 12.0. The van der Waals surface area contributed by atoms with E-state index in [1.165, 1.54) is 19.3 Å². The van der Waals surface area contributed by atoms with Crippen molar-refractivity contribution in [1.29, 1.82) is 0 Å². The van der Waals surface area contributed by atoms with Crippen molar-refractivity contribution in [2.75, 3.05) is 13.6 Å². The van der Waals surface area contributed by atoms with Gasteiger partial charge in [0, 0.05) is 19.6 Å². The van der Waals surface area contributed by atoms with Gasteiger partial charge in [-0.25, -0.2) is 0 Å². The highest BCUT2D eigenvalue weighted by Gasteiger charge is 2.27. The molecular formula is C14H28N2O. The van der Waals surface area contributed by atoms with Crippen LogP contribution in [0.5, 0.6) is 0 Å². The Morgan fingerprint density at radius 2 is 1.82 bits per heavy atom. The quantitative estimate of drug-likeness (QED) is 0.817. The average Bonchev–Trinajstić information content (AvgIpc) is 2.25. The molecule has 0 aliphatic heterocycles. The molecule has 1 fully saturated rings. The Balaban J connectivity index is 2.45. The molecule has 0 aromatic carbocycles. The second kappa shape index (κ2) is 6.39. The Kier molecular flexibility index (Phi) is 5.44. The monoisotopic (exact) mass is 240 g/mol. The Bertz CT molecular complexity index is 245. The van der Waals surface area contributed by atoms with Gasteiger partial charge in [0.25, 0.3) is 0 Å². The highest BCUT2D eigenvalue weighted by Crippen LogP contribution is 2.28. The van der Waals surface area contributed by atoms with E-state index in [1.54, 1.807) is 4.90 Å². The number of hydrogen-bond donors (Lipinski definition) is 1. The van der Waals surface area contributed by atoms with Gasteiger partial charge < -0.3 is 10.2 Å². The molecule has 17 heavy (non-hydrogen) atoms. The van der Waals surface area contributed by atoms with Crippen LogP contribution in [0.3, 0.4) is 0 Å². The van der Waals surface area contributed by atoms with Crippen LogP contribution in [-0.2, 0) is 4.79 Å². The minimum absolute atomic E-state index is 0.0533. The molecule has 3 unspecified atom stereocenters. The minimum Gasteiger partial charge on any atom is -0.345 e. The maximum absolute atomic E-state index is 12.0. The molecule has 0 spiro atoms. The SMILES string of the molecule is CCN(C)C(=O)C(C)NC1CC(C)CC(C)C1. The van der Waals surface area contributed by atoms with Crippen molar-refractivity contribution in [1.82, 2.24) is 10.2 Å². The maximum atomic E-state index is 12.0. The van der Waals surface area contributed by atoms with E-state index in [1.807, 2.05) is 20.9 Å². The summed E-state index contributed by atoms with van der Waals surface area (Å²) < 4.78 is 0. The van der Waals surface area contributed by atoms with Crippen LogP contribution in [0.2, 0.25) is 0 Å². The van der Waals surface area contributed by atoms with Gasteiger partial charge in [-0.15, -0.1) is 0 Å². The lowest BCUT2D eigenvalue weighted by Crippen LogP contribution is -2.49. The molecule has 1 rings (SSSR count).